The molecule has 8 heteroatoms. The van der Waals surface area contributed by atoms with Gasteiger partial charge >= 0.3 is 0 Å². The van der Waals surface area contributed by atoms with E-state index in [1.807, 2.05) is 32.0 Å². The van der Waals surface area contributed by atoms with Gasteiger partial charge in [0.15, 0.2) is 0 Å². The van der Waals surface area contributed by atoms with Crippen molar-refractivity contribution in [3.8, 4) is 0 Å². The van der Waals surface area contributed by atoms with Gasteiger partial charge in [-0.1, -0.05) is 6.07 Å². The summed E-state index contributed by atoms with van der Waals surface area (Å²) >= 11 is 0. The maximum atomic E-state index is 13.0. The number of fused-ring (bicyclic) bond motifs is 1. The fraction of sp³-hybridized carbons (Fsp3) is 0.455. The molecule has 2 atom stereocenters. The Bertz CT molecular complexity index is 1040. The summed E-state index contributed by atoms with van der Waals surface area (Å²) in [6, 6.07) is 5.98. The Hall–Kier alpha value is -3.16. The Morgan fingerprint density at radius 2 is 1.90 bits per heavy atom. The highest BCUT2D eigenvalue weighted by Crippen LogP contribution is 2.31. The van der Waals surface area contributed by atoms with Gasteiger partial charge in [-0.05, 0) is 63.3 Å². The van der Waals surface area contributed by atoms with Crippen LogP contribution in [0.1, 0.15) is 55.2 Å². The summed E-state index contributed by atoms with van der Waals surface area (Å²) in [5.74, 6) is -0.968. The number of aromatic nitrogens is 2. The average molecular weight is 409 g/mol. The van der Waals surface area contributed by atoms with Crippen molar-refractivity contribution in [3.63, 3.8) is 0 Å². The number of piperidine rings is 1. The van der Waals surface area contributed by atoms with Crippen LogP contribution in [0.15, 0.2) is 23.0 Å². The van der Waals surface area contributed by atoms with Gasteiger partial charge in [0.2, 0.25) is 17.8 Å². The number of benzene rings is 1. The van der Waals surface area contributed by atoms with Gasteiger partial charge in [0.25, 0.3) is 5.56 Å². The molecule has 2 unspecified atom stereocenters. The topological polar surface area (TPSA) is 107 Å². The number of amides is 2. The zero-order valence-electron chi connectivity index (χ0n) is 17.5. The van der Waals surface area contributed by atoms with Gasteiger partial charge in [-0.3, -0.25) is 19.4 Å². The molecule has 3 heterocycles. The molecule has 3 N–H and O–H groups in total. The van der Waals surface area contributed by atoms with E-state index in [1.165, 1.54) is 0 Å². The number of rotatable bonds is 3. The number of aryl methyl sites for hydroxylation is 2. The molecular formula is C22H27N5O3. The van der Waals surface area contributed by atoms with E-state index in [-0.39, 0.29) is 41.2 Å². The lowest BCUT2D eigenvalue weighted by atomic mass is 9.92. The first kappa shape index (κ1) is 20.1. The maximum absolute atomic E-state index is 13.0. The summed E-state index contributed by atoms with van der Waals surface area (Å²) in [5, 5.41) is 5.54. The highest BCUT2D eigenvalue weighted by Gasteiger charge is 2.35. The normalized spacial score (nSPS) is 21.0. The van der Waals surface area contributed by atoms with Crippen molar-refractivity contribution in [2.75, 3.05) is 22.1 Å². The maximum Gasteiger partial charge on any atom is 0.258 e. The number of carbonyl (C=O) groups excluding carboxylic acids is 2. The minimum absolute atomic E-state index is 0.0894. The van der Waals surface area contributed by atoms with Gasteiger partial charge < -0.3 is 15.5 Å². The van der Waals surface area contributed by atoms with Crippen molar-refractivity contribution < 1.29 is 9.59 Å². The summed E-state index contributed by atoms with van der Waals surface area (Å²) in [6.07, 6.45) is 3.10. The highest BCUT2D eigenvalue weighted by atomic mass is 16.2. The first-order chi connectivity index (χ1) is 14.3. The number of nitrogens with one attached hydrogen (secondary N) is 3. The number of anilines is 3. The minimum atomic E-state index is -0.890. The van der Waals surface area contributed by atoms with Crippen molar-refractivity contribution in [2.45, 2.75) is 58.4 Å². The van der Waals surface area contributed by atoms with Crippen LogP contribution >= 0.6 is 0 Å². The number of hydrogen-bond acceptors (Lipinski definition) is 5. The molecule has 2 aromatic rings. The molecule has 0 radical (unpaired) electrons. The van der Waals surface area contributed by atoms with Gasteiger partial charge in [0, 0.05) is 24.7 Å². The summed E-state index contributed by atoms with van der Waals surface area (Å²) in [5.41, 5.74) is 2.52. The molecule has 2 aliphatic heterocycles. The Morgan fingerprint density at radius 1 is 1.17 bits per heavy atom. The van der Waals surface area contributed by atoms with Gasteiger partial charge in [-0.15, -0.1) is 0 Å². The van der Waals surface area contributed by atoms with Gasteiger partial charge in [-0.2, -0.15) is 4.98 Å². The van der Waals surface area contributed by atoms with Gasteiger partial charge in [-0.25, -0.2) is 0 Å². The van der Waals surface area contributed by atoms with Crippen molar-refractivity contribution in [1.82, 2.24) is 9.97 Å². The van der Waals surface area contributed by atoms with E-state index in [0.29, 0.717) is 11.6 Å². The smallest absolute Gasteiger partial charge is 0.258 e. The number of H-pyrrole nitrogens is 1. The largest absolute Gasteiger partial charge is 0.340 e. The van der Waals surface area contributed by atoms with E-state index in [2.05, 4.69) is 32.4 Å². The summed E-state index contributed by atoms with van der Waals surface area (Å²) in [4.78, 5) is 47.7. The molecule has 2 amide bonds. The number of carbonyl (C=O) groups is 2. The third-order valence-corrected chi connectivity index (χ3v) is 5.82. The SMILES string of the molecule is Cc1cc(C)cc(NC(=O)C2CC(=O)Nc3nc(N4CCCCC4C)[nH]c(=O)c32)c1. The molecule has 2 aliphatic rings. The predicted molar refractivity (Wildman–Crippen MR) is 116 cm³/mol. The van der Waals surface area contributed by atoms with Crippen LogP contribution in [0, 0.1) is 13.8 Å². The lowest BCUT2D eigenvalue weighted by Gasteiger charge is -2.34. The van der Waals surface area contributed by atoms with E-state index >= 15 is 0 Å². The summed E-state index contributed by atoms with van der Waals surface area (Å²) < 4.78 is 0. The van der Waals surface area contributed by atoms with Crippen molar-refractivity contribution in [1.29, 1.82) is 0 Å². The van der Waals surface area contributed by atoms with Crippen LogP contribution in [0.5, 0.6) is 0 Å². The second-order valence-corrected chi connectivity index (χ2v) is 8.36. The molecule has 0 aliphatic carbocycles. The number of nitrogens with zero attached hydrogens (tertiary/aromatic N) is 2. The van der Waals surface area contributed by atoms with Crippen molar-refractivity contribution >= 4 is 29.3 Å². The van der Waals surface area contributed by atoms with Crippen LogP contribution in [0.3, 0.4) is 0 Å². The van der Waals surface area contributed by atoms with Crippen LogP contribution in [0.2, 0.25) is 0 Å². The Kier molecular flexibility index (Phi) is 5.32. The number of hydrogen-bond donors (Lipinski definition) is 3. The first-order valence-electron chi connectivity index (χ1n) is 10.4. The van der Waals surface area contributed by atoms with Crippen molar-refractivity contribution in [3.05, 3.63) is 45.2 Å². The van der Waals surface area contributed by atoms with Gasteiger partial charge in [0.1, 0.15) is 5.82 Å². The number of aromatic amines is 1. The summed E-state index contributed by atoms with van der Waals surface area (Å²) in [7, 11) is 0. The monoisotopic (exact) mass is 409 g/mol. The predicted octanol–water partition coefficient (Wildman–Crippen LogP) is 2.83. The standard InChI is InChI=1S/C22H27N5O3/c1-12-8-13(2)10-15(9-12)23-20(29)16-11-17(28)24-19-18(16)21(30)26-22(25-19)27-7-5-4-6-14(27)3/h8-10,14,16H,4-7,11H2,1-3H3,(H,23,29)(H2,24,25,26,28,30). The van der Waals surface area contributed by atoms with Crippen LogP contribution in [-0.2, 0) is 9.59 Å². The highest BCUT2D eigenvalue weighted by molar-refractivity contribution is 6.04. The fourth-order valence-electron chi connectivity index (χ4n) is 4.41. The molecule has 0 bridgehead atoms. The van der Waals surface area contributed by atoms with Crippen LogP contribution in [0.25, 0.3) is 0 Å². The average Bonchev–Trinajstić information content (AvgIpc) is 2.66. The molecule has 0 saturated carbocycles. The lowest BCUT2D eigenvalue weighted by molar-refractivity contribution is -0.123. The van der Waals surface area contributed by atoms with Crippen LogP contribution < -0.4 is 21.1 Å². The van der Waals surface area contributed by atoms with E-state index in [9.17, 15) is 14.4 Å². The quantitative estimate of drug-likeness (QED) is 0.723. The third kappa shape index (κ3) is 3.94. The second kappa shape index (κ2) is 7.93. The molecule has 1 saturated heterocycles. The van der Waals surface area contributed by atoms with E-state index < -0.39 is 5.92 Å². The van der Waals surface area contributed by atoms with E-state index in [4.69, 9.17) is 0 Å². The molecule has 1 aromatic carbocycles. The molecule has 4 rings (SSSR count). The molecule has 158 valence electrons. The Labute approximate surface area is 175 Å². The molecule has 30 heavy (non-hydrogen) atoms. The molecule has 1 aromatic heterocycles. The van der Waals surface area contributed by atoms with E-state index in [1.54, 1.807) is 0 Å². The Balaban J connectivity index is 1.66. The molecule has 8 nitrogen and oxygen atoms in total. The molecular weight excluding hydrogens is 382 g/mol. The second-order valence-electron chi connectivity index (χ2n) is 8.36. The zero-order valence-corrected chi connectivity index (χ0v) is 17.5. The van der Waals surface area contributed by atoms with Crippen LogP contribution in [-0.4, -0.2) is 34.4 Å². The van der Waals surface area contributed by atoms with Crippen LogP contribution in [0.4, 0.5) is 17.5 Å². The minimum Gasteiger partial charge on any atom is -0.340 e. The fourth-order valence-corrected chi connectivity index (χ4v) is 4.41. The molecule has 1 fully saturated rings. The van der Waals surface area contributed by atoms with E-state index in [0.717, 1.165) is 36.9 Å². The zero-order chi connectivity index (χ0) is 21.4. The molecule has 0 spiro atoms. The summed E-state index contributed by atoms with van der Waals surface area (Å²) in [6.45, 7) is 6.79. The van der Waals surface area contributed by atoms with Crippen molar-refractivity contribution in [2.24, 2.45) is 0 Å². The van der Waals surface area contributed by atoms with Gasteiger partial charge in [0.05, 0.1) is 11.5 Å². The Morgan fingerprint density at radius 3 is 2.60 bits per heavy atom. The first-order valence-corrected chi connectivity index (χ1v) is 10.4. The lowest BCUT2D eigenvalue weighted by Crippen LogP contribution is -2.42. The third-order valence-electron chi connectivity index (χ3n) is 5.82.